The lowest BCUT2D eigenvalue weighted by molar-refractivity contribution is 0.0204. The van der Waals surface area contributed by atoms with Crippen LogP contribution in [-0.4, -0.2) is 23.5 Å². The number of ether oxygens (including phenoxy) is 3. The zero-order valence-corrected chi connectivity index (χ0v) is 18.0. The number of rotatable bonds is 3. The minimum absolute atomic E-state index is 0.122. The smallest absolute Gasteiger partial charge is 0.444 e. The summed E-state index contributed by atoms with van der Waals surface area (Å²) in [6, 6.07) is 5.59. The zero-order chi connectivity index (χ0) is 21.0. The summed E-state index contributed by atoms with van der Waals surface area (Å²) in [5.41, 5.74) is 0.286. The Kier molecular flexibility index (Phi) is 6.92. The molecule has 0 heterocycles. The summed E-state index contributed by atoms with van der Waals surface area (Å²) in [5.74, 6) is 0.354. The molecule has 6 heteroatoms. The summed E-state index contributed by atoms with van der Waals surface area (Å²) in [7, 11) is 0. The predicted octanol–water partition coefficient (Wildman–Crippen LogP) is 5.32. The lowest BCUT2D eigenvalue weighted by atomic mass is 9.86. The van der Waals surface area contributed by atoms with E-state index in [9.17, 15) is 9.59 Å². The third kappa shape index (κ3) is 8.80. The molecule has 0 aromatic heterocycles. The Hall–Kier alpha value is -2.24. The lowest BCUT2D eigenvalue weighted by Crippen LogP contribution is -2.32. The molecule has 27 heavy (non-hydrogen) atoms. The molecule has 1 aromatic rings. The highest BCUT2D eigenvalue weighted by molar-refractivity contribution is 5.68. The van der Waals surface area contributed by atoms with Crippen molar-refractivity contribution in [3.8, 4) is 5.75 Å². The van der Waals surface area contributed by atoms with Crippen molar-refractivity contribution in [3.05, 3.63) is 29.3 Å². The highest BCUT2D eigenvalue weighted by atomic mass is 16.7. The molecule has 1 N–H and O–H groups in total. The molecule has 0 bridgehead atoms. The lowest BCUT2D eigenvalue weighted by Gasteiger charge is -2.23. The molecule has 0 radical (unpaired) electrons. The minimum atomic E-state index is -0.785. The van der Waals surface area contributed by atoms with Crippen LogP contribution >= 0.6 is 0 Å². The first kappa shape index (κ1) is 22.8. The van der Waals surface area contributed by atoms with Crippen LogP contribution in [0.5, 0.6) is 5.75 Å². The van der Waals surface area contributed by atoms with E-state index in [1.807, 2.05) is 12.1 Å². The standard InChI is InChI=1S/C21H33NO5/c1-19(2,3)15-11-10-14(13-22-17(23)26-20(4,5)6)16(12-15)25-18(24)27-21(7,8)9/h10-12H,13H2,1-9H3,(H,22,23). The average molecular weight is 379 g/mol. The molecular weight excluding hydrogens is 346 g/mol. The van der Waals surface area contributed by atoms with Crippen LogP contribution in [0.4, 0.5) is 9.59 Å². The first-order chi connectivity index (χ1) is 12.1. The Morgan fingerprint density at radius 1 is 0.889 bits per heavy atom. The van der Waals surface area contributed by atoms with Gasteiger partial charge in [-0.2, -0.15) is 0 Å². The Morgan fingerprint density at radius 3 is 1.93 bits per heavy atom. The van der Waals surface area contributed by atoms with Crippen molar-refractivity contribution in [2.75, 3.05) is 0 Å². The number of amides is 1. The molecule has 6 nitrogen and oxygen atoms in total. The Morgan fingerprint density at radius 2 is 1.44 bits per heavy atom. The molecule has 0 aliphatic carbocycles. The summed E-state index contributed by atoms with van der Waals surface area (Å²) in [6.07, 6.45) is -1.32. The maximum absolute atomic E-state index is 12.1. The third-order valence-electron chi connectivity index (χ3n) is 3.34. The fraction of sp³-hybridized carbons (Fsp3) is 0.619. The second kappa shape index (κ2) is 8.19. The van der Waals surface area contributed by atoms with Gasteiger partial charge in [0.25, 0.3) is 0 Å². The van der Waals surface area contributed by atoms with Gasteiger partial charge in [-0.3, -0.25) is 0 Å². The van der Waals surface area contributed by atoms with Gasteiger partial charge in [-0.25, -0.2) is 9.59 Å². The van der Waals surface area contributed by atoms with E-state index in [1.54, 1.807) is 47.6 Å². The first-order valence-corrected chi connectivity index (χ1v) is 9.08. The third-order valence-corrected chi connectivity index (χ3v) is 3.34. The number of hydrogen-bond acceptors (Lipinski definition) is 5. The Balaban J connectivity index is 3.01. The molecule has 0 atom stereocenters. The van der Waals surface area contributed by atoms with Gasteiger partial charge < -0.3 is 19.5 Å². The van der Waals surface area contributed by atoms with Gasteiger partial charge in [-0.1, -0.05) is 32.9 Å². The summed E-state index contributed by atoms with van der Waals surface area (Å²) >= 11 is 0. The van der Waals surface area contributed by atoms with E-state index in [0.29, 0.717) is 11.3 Å². The zero-order valence-electron chi connectivity index (χ0n) is 18.0. The molecule has 1 amide bonds. The molecule has 1 aromatic carbocycles. The topological polar surface area (TPSA) is 73.9 Å². The van der Waals surface area contributed by atoms with Crippen molar-refractivity contribution in [1.29, 1.82) is 0 Å². The SMILES string of the molecule is CC(C)(C)OC(=O)NCc1ccc(C(C)(C)C)cc1OC(=O)OC(C)(C)C. The van der Waals surface area contributed by atoms with Crippen LogP contribution in [0.2, 0.25) is 0 Å². The Bertz CT molecular complexity index is 675. The van der Waals surface area contributed by atoms with E-state index < -0.39 is 23.5 Å². The van der Waals surface area contributed by atoms with Gasteiger partial charge in [0, 0.05) is 12.1 Å². The van der Waals surface area contributed by atoms with Crippen LogP contribution in [0.1, 0.15) is 73.4 Å². The molecule has 0 saturated heterocycles. The molecule has 0 aliphatic heterocycles. The number of nitrogens with one attached hydrogen (secondary N) is 1. The second-order valence-corrected chi connectivity index (χ2v) is 9.49. The summed E-state index contributed by atoms with van der Waals surface area (Å²) in [4.78, 5) is 24.0. The fourth-order valence-corrected chi connectivity index (χ4v) is 2.10. The average Bonchev–Trinajstić information content (AvgIpc) is 2.40. The van der Waals surface area contributed by atoms with Crippen molar-refractivity contribution in [1.82, 2.24) is 5.32 Å². The van der Waals surface area contributed by atoms with Gasteiger partial charge in [0.05, 0.1) is 0 Å². The molecule has 0 saturated carbocycles. The molecule has 0 unspecified atom stereocenters. The van der Waals surface area contributed by atoms with Gasteiger partial charge in [0.1, 0.15) is 17.0 Å². The number of alkyl carbamates (subject to hydrolysis) is 1. The molecule has 0 aliphatic rings. The number of carbonyl (C=O) groups is 2. The highest BCUT2D eigenvalue weighted by Crippen LogP contribution is 2.29. The van der Waals surface area contributed by atoms with E-state index in [-0.39, 0.29) is 12.0 Å². The van der Waals surface area contributed by atoms with Gasteiger partial charge in [-0.05, 0) is 58.6 Å². The number of hydrogen-bond donors (Lipinski definition) is 1. The maximum atomic E-state index is 12.1. The van der Waals surface area contributed by atoms with Gasteiger partial charge in [-0.15, -0.1) is 0 Å². The number of carbonyl (C=O) groups excluding carboxylic acids is 2. The second-order valence-electron chi connectivity index (χ2n) is 9.49. The molecule has 152 valence electrons. The van der Waals surface area contributed by atoms with Crippen LogP contribution in [-0.2, 0) is 21.4 Å². The van der Waals surface area contributed by atoms with Crippen LogP contribution < -0.4 is 10.1 Å². The van der Waals surface area contributed by atoms with E-state index in [2.05, 4.69) is 26.1 Å². The Labute approximate surface area is 162 Å². The molecule has 0 fully saturated rings. The summed E-state index contributed by atoms with van der Waals surface area (Å²) in [5, 5.41) is 2.68. The van der Waals surface area contributed by atoms with Crippen LogP contribution in [0.3, 0.4) is 0 Å². The van der Waals surface area contributed by atoms with Crippen molar-refractivity contribution in [3.63, 3.8) is 0 Å². The van der Waals surface area contributed by atoms with E-state index in [1.165, 1.54) is 0 Å². The minimum Gasteiger partial charge on any atom is -0.444 e. The quantitative estimate of drug-likeness (QED) is 0.568. The van der Waals surface area contributed by atoms with Gasteiger partial charge in [0.2, 0.25) is 0 Å². The normalized spacial score (nSPS) is 12.3. The predicted molar refractivity (Wildman–Crippen MR) is 105 cm³/mol. The van der Waals surface area contributed by atoms with Gasteiger partial charge >= 0.3 is 12.2 Å². The van der Waals surface area contributed by atoms with Crippen LogP contribution in [0.25, 0.3) is 0 Å². The molecular formula is C21H33NO5. The van der Waals surface area contributed by atoms with Crippen LogP contribution in [0.15, 0.2) is 18.2 Å². The first-order valence-electron chi connectivity index (χ1n) is 9.08. The van der Waals surface area contributed by atoms with E-state index >= 15 is 0 Å². The monoisotopic (exact) mass is 379 g/mol. The summed E-state index contributed by atoms with van der Waals surface area (Å²) < 4.78 is 15.9. The summed E-state index contributed by atoms with van der Waals surface area (Å²) in [6.45, 7) is 17.1. The molecule has 1 rings (SSSR count). The van der Waals surface area contributed by atoms with E-state index in [4.69, 9.17) is 14.2 Å². The van der Waals surface area contributed by atoms with E-state index in [0.717, 1.165) is 5.56 Å². The largest absolute Gasteiger partial charge is 0.514 e. The maximum Gasteiger partial charge on any atom is 0.514 e. The van der Waals surface area contributed by atoms with Crippen molar-refractivity contribution < 1.29 is 23.8 Å². The fourth-order valence-electron chi connectivity index (χ4n) is 2.10. The number of benzene rings is 1. The van der Waals surface area contributed by atoms with Crippen LogP contribution in [0, 0.1) is 0 Å². The highest BCUT2D eigenvalue weighted by Gasteiger charge is 2.22. The van der Waals surface area contributed by atoms with Crippen molar-refractivity contribution >= 4 is 12.2 Å². The molecule has 0 spiro atoms. The van der Waals surface area contributed by atoms with Gasteiger partial charge in [0.15, 0.2) is 0 Å². The van der Waals surface area contributed by atoms with Crippen molar-refractivity contribution in [2.24, 2.45) is 0 Å². The van der Waals surface area contributed by atoms with Crippen molar-refractivity contribution in [2.45, 2.75) is 85.5 Å².